The number of oxime groups is 1. The Morgan fingerprint density at radius 1 is 1.25 bits per heavy atom. The highest BCUT2D eigenvalue weighted by Gasteiger charge is 2.42. The highest BCUT2D eigenvalue weighted by Crippen LogP contribution is 2.37. The van der Waals surface area contributed by atoms with Gasteiger partial charge in [0.05, 0.1) is 0 Å². The number of nitrogens with zero attached hydrogens (tertiary/aromatic N) is 2. The fraction of sp³-hybridized carbons (Fsp3) is 0.467. The van der Waals surface area contributed by atoms with Crippen LogP contribution in [0.2, 0.25) is 19.6 Å². The number of carbonyl (C=O) groups is 1. The lowest BCUT2D eigenvalue weighted by Crippen LogP contribution is -2.49. The predicted octanol–water partition coefficient (Wildman–Crippen LogP) is 3.23. The topological polar surface area (TPSA) is 41.9 Å². The molecule has 0 unspecified atom stereocenters. The van der Waals surface area contributed by atoms with E-state index in [0.29, 0.717) is 12.3 Å². The van der Waals surface area contributed by atoms with E-state index >= 15 is 0 Å². The fourth-order valence-electron chi connectivity index (χ4n) is 2.62. The van der Waals surface area contributed by atoms with Crippen molar-refractivity contribution in [1.82, 2.24) is 0 Å². The van der Waals surface area contributed by atoms with Crippen LogP contribution in [-0.2, 0) is 9.63 Å². The maximum atomic E-state index is 12.7. The van der Waals surface area contributed by atoms with Gasteiger partial charge >= 0.3 is 0 Å². The summed E-state index contributed by atoms with van der Waals surface area (Å²) in [6.45, 7) is 12.9. The molecular weight excluding hydrogens is 268 g/mol. The molecular formula is C15H22N2O2Si. The number of hydrogen-bond acceptors (Lipinski definition) is 3. The van der Waals surface area contributed by atoms with E-state index in [9.17, 15) is 4.79 Å². The predicted molar refractivity (Wildman–Crippen MR) is 84.9 cm³/mol. The first-order valence-corrected chi connectivity index (χ1v) is 10.4. The molecule has 1 aliphatic rings. The van der Waals surface area contributed by atoms with Crippen molar-refractivity contribution in [2.24, 2.45) is 5.16 Å². The summed E-state index contributed by atoms with van der Waals surface area (Å²) >= 11 is 0. The molecule has 108 valence electrons. The third kappa shape index (κ3) is 2.38. The largest absolute Gasteiger partial charge is 0.395 e. The Morgan fingerprint density at radius 3 is 2.45 bits per heavy atom. The normalized spacial score (nSPS) is 16.8. The highest BCUT2D eigenvalue weighted by molar-refractivity contribution is 6.87. The van der Waals surface area contributed by atoms with Crippen molar-refractivity contribution in [3.63, 3.8) is 0 Å². The van der Waals surface area contributed by atoms with E-state index in [1.165, 1.54) is 0 Å². The molecule has 2 rings (SSSR count). The van der Waals surface area contributed by atoms with Gasteiger partial charge in [-0.2, -0.15) is 0 Å². The van der Waals surface area contributed by atoms with Crippen LogP contribution in [0.1, 0.15) is 23.6 Å². The molecule has 4 nitrogen and oxygen atoms in total. The Morgan fingerprint density at radius 2 is 1.90 bits per heavy atom. The third-order valence-corrected chi connectivity index (χ3v) is 5.05. The number of rotatable bonds is 3. The minimum Gasteiger partial charge on any atom is -0.395 e. The molecule has 0 N–H and O–H groups in total. The number of aryl methyl sites for hydroxylation is 2. The van der Waals surface area contributed by atoms with Gasteiger partial charge in [-0.25, -0.2) is 0 Å². The average Bonchev–Trinajstić information content (AvgIpc) is 2.59. The molecule has 0 radical (unpaired) electrons. The zero-order valence-corrected chi connectivity index (χ0v) is 14.1. The molecule has 20 heavy (non-hydrogen) atoms. The van der Waals surface area contributed by atoms with Gasteiger partial charge in [0.15, 0.2) is 13.9 Å². The van der Waals surface area contributed by atoms with Gasteiger partial charge in [-0.3, -0.25) is 4.79 Å². The Labute approximate surface area is 121 Å². The number of carbonyl (C=O) groups excluding carboxylic acids is 1. The Kier molecular flexibility index (Phi) is 3.73. The van der Waals surface area contributed by atoms with Crippen LogP contribution in [0.3, 0.4) is 0 Å². The number of amides is 1. The molecule has 0 atom stereocenters. The average molecular weight is 290 g/mol. The van der Waals surface area contributed by atoms with Crippen molar-refractivity contribution in [3.8, 4) is 0 Å². The van der Waals surface area contributed by atoms with Crippen molar-refractivity contribution in [3.05, 3.63) is 28.8 Å². The monoisotopic (exact) mass is 290 g/mol. The van der Waals surface area contributed by atoms with E-state index in [-0.39, 0.29) is 5.91 Å². The third-order valence-electron chi connectivity index (χ3n) is 3.28. The summed E-state index contributed by atoms with van der Waals surface area (Å²) in [6, 6.07) is 4.14. The van der Waals surface area contributed by atoms with Gasteiger partial charge in [-0.15, -0.1) is 0 Å². The molecule has 1 aromatic carbocycles. The first kappa shape index (κ1) is 14.8. The van der Waals surface area contributed by atoms with E-state index in [1.54, 1.807) is 0 Å². The van der Waals surface area contributed by atoms with Crippen LogP contribution in [0.15, 0.2) is 17.3 Å². The van der Waals surface area contributed by atoms with Gasteiger partial charge in [-0.05, 0) is 32.4 Å². The van der Waals surface area contributed by atoms with Crippen LogP contribution < -0.4 is 4.57 Å². The molecule has 0 fully saturated rings. The van der Waals surface area contributed by atoms with Crippen molar-refractivity contribution < 1.29 is 9.63 Å². The second-order valence-electron chi connectivity index (χ2n) is 6.15. The standard InChI is InChI=1S/C15H22N2O2Si/c1-7-19-16-13-12-9-10(2)8-11(3)14(12)17(15(13)18)20(4,5)6/h8-9H,7H2,1-6H3/b16-13+. The van der Waals surface area contributed by atoms with Gasteiger partial charge < -0.3 is 9.40 Å². The van der Waals surface area contributed by atoms with E-state index in [2.05, 4.69) is 37.8 Å². The Hall–Kier alpha value is -1.62. The van der Waals surface area contributed by atoms with Crippen molar-refractivity contribution in [2.45, 2.75) is 40.4 Å². The highest BCUT2D eigenvalue weighted by atomic mass is 28.3. The smallest absolute Gasteiger partial charge is 0.273 e. The molecule has 1 heterocycles. The molecule has 1 aliphatic heterocycles. The summed E-state index contributed by atoms with van der Waals surface area (Å²) in [6.07, 6.45) is 0. The van der Waals surface area contributed by atoms with Gasteiger partial charge in [-0.1, -0.05) is 36.4 Å². The minimum absolute atomic E-state index is 0.0266. The van der Waals surface area contributed by atoms with Crippen LogP contribution in [0.4, 0.5) is 5.69 Å². The molecule has 1 amide bonds. The lowest BCUT2D eigenvalue weighted by molar-refractivity contribution is -0.111. The second-order valence-corrected chi connectivity index (χ2v) is 10.9. The van der Waals surface area contributed by atoms with Gasteiger partial charge in [0.1, 0.15) is 6.61 Å². The minimum atomic E-state index is -1.82. The van der Waals surface area contributed by atoms with Crippen LogP contribution >= 0.6 is 0 Å². The number of hydrogen-bond donors (Lipinski definition) is 0. The van der Waals surface area contributed by atoms with Crippen LogP contribution in [0.5, 0.6) is 0 Å². The van der Waals surface area contributed by atoms with Crippen LogP contribution in [0.25, 0.3) is 0 Å². The zero-order valence-electron chi connectivity index (χ0n) is 13.1. The first-order chi connectivity index (χ1) is 9.27. The number of anilines is 1. The molecule has 0 aliphatic carbocycles. The molecule has 5 heteroatoms. The second kappa shape index (κ2) is 5.05. The van der Waals surface area contributed by atoms with Crippen LogP contribution in [-0.4, -0.2) is 26.5 Å². The maximum Gasteiger partial charge on any atom is 0.273 e. The molecule has 0 spiro atoms. The van der Waals surface area contributed by atoms with Crippen LogP contribution in [0, 0.1) is 13.8 Å². The maximum absolute atomic E-state index is 12.7. The SMILES string of the molecule is CCO/N=C1/C(=O)N([Si](C)(C)C)c2c(C)cc(C)cc21. The van der Waals surface area contributed by atoms with Crippen molar-refractivity contribution in [1.29, 1.82) is 0 Å². The van der Waals surface area contributed by atoms with Gasteiger partial charge in [0, 0.05) is 11.3 Å². The zero-order chi connectivity index (χ0) is 15.1. The summed E-state index contributed by atoms with van der Waals surface area (Å²) in [5.41, 5.74) is 4.62. The van der Waals surface area contributed by atoms with Crippen molar-refractivity contribution >= 4 is 25.5 Å². The molecule has 0 saturated carbocycles. The van der Waals surface area contributed by atoms with Gasteiger partial charge in [0.25, 0.3) is 5.91 Å². The summed E-state index contributed by atoms with van der Waals surface area (Å²) in [4.78, 5) is 17.9. The molecule has 1 aromatic rings. The number of fused-ring (bicyclic) bond motifs is 1. The fourth-order valence-corrected chi connectivity index (χ4v) is 4.30. The van der Waals surface area contributed by atoms with Crippen molar-refractivity contribution in [2.75, 3.05) is 11.2 Å². The first-order valence-electron chi connectivity index (χ1n) is 6.93. The summed E-state index contributed by atoms with van der Waals surface area (Å²) in [5.74, 6) is -0.0266. The Bertz CT molecular complexity index is 588. The van der Waals surface area contributed by atoms with E-state index in [1.807, 2.05) is 24.5 Å². The summed E-state index contributed by atoms with van der Waals surface area (Å²) in [5, 5.41) is 4.06. The summed E-state index contributed by atoms with van der Waals surface area (Å²) < 4.78 is 1.95. The quantitative estimate of drug-likeness (QED) is 0.633. The van der Waals surface area contributed by atoms with E-state index in [0.717, 1.165) is 22.4 Å². The molecule has 0 aromatic heterocycles. The molecule has 0 bridgehead atoms. The number of benzene rings is 1. The lowest BCUT2D eigenvalue weighted by atomic mass is 10.0. The molecule has 0 saturated heterocycles. The Balaban J connectivity index is 2.68. The lowest BCUT2D eigenvalue weighted by Gasteiger charge is -2.31. The van der Waals surface area contributed by atoms with E-state index < -0.39 is 8.24 Å². The van der Waals surface area contributed by atoms with Gasteiger partial charge in [0.2, 0.25) is 0 Å². The van der Waals surface area contributed by atoms with E-state index in [4.69, 9.17) is 4.84 Å². The summed E-state index contributed by atoms with van der Waals surface area (Å²) in [7, 11) is -1.82.